The minimum Gasteiger partial charge on any atom is -0.462 e. The number of phosphoric ester groups is 2. The van der Waals surface area contributed by atoms with E-state index in [1.807, 2.05) is 0 Å². The predicted octanol–water partition coefficient (Wildman–Crippen LogP) is 24.6. The van der Waals surface area contributed by atoms with Crippen LogP contribution < -0.4 is 0 Å². The lowest BCUT2D eigenvalue weighted by atomic mass is 10.0. The molecule has 0 aromatic carbocycles. The summed E-state index contributed by atoms with van der Waals surface area (Å²) in [5.74, 6) is -2.18. The molecule has 17 nitrogen and oxygen atoms in total. The molecule has 0 saturated carbocycles. The Labute approximate surface area is 634 Å². The van der Waals surface area contributed by atoms with Crippen LogP contribution in [0.15, 0.2) is 85.1 Å². The van der Waals surface area contributed by atoms with Crippen molar-refractivity contribution in [3.63, 3.8) is 0 Å². The summed E-state index contributed by atoms with van der Waals surface area (Å²) >= 11 is 0. The number of rotatable bonds is 79. The first-order chi connectivity index (χ1) is 50.7. The Hall–Kier alpha value is -3.76. The molecule has 0 radical (unpaired) electrons. The highest BCUT2D eigenvalue weighted by atomic mass is 31.2. The average Bonchev–Trinajstić information content (AvgIpc) is 0.908. The van der Waals surface area contributed by atoms with E-state index in [0.717, 1.165) is 173 Å². The van der Waals surface area contributed by atoms with Gasteiger partial charge in [0.1, 0.15) is 19.3 Å². The van der Waals surface area contributed by atoms with Crippen LogP contribution in [0, 0.1) is 0 Å². The van der Waals surface area contributed by atoms with Crippen LogP contribution in [-0.2, 0) is 65.4 Å². The van der Waals surface area contributed by atoms with Crippen LogP contribution >= 0.6 is 15.6 Å². The number of esters is 4. The maximum absolute atomic E-state index is 13.1. The van der Waals surface area contributed by atoms with Gasteiger partial charge < -0.3 is 33.8 Å². The zero-order chi connectivity index (χ0) is 76.0. The van der Waals surface area contributed by atoms with Crippen molar-refractivity contribution in [1.29, 1.82) is 0 Å². The van der Waals surface area contributed by atoms with E-state index in [0.29, 0.717) is 25.7 Å². The maximum atomic E-state index is 13.1. The molecule has 0 aliphatic carbocycles. The molecule has 0 amide bonds. The number of carbonyl (C=O) groups is 4. The molecule has 0 heterocycles. The van der Waals surface area contributed by atoms with E-state index in [2.05, 4.69) is 113 Å². The molecule has 0 aliphatic rings. The summed E-state index contributed by atoms with van der Waals surface area (Å²) in [5.41, 5.74) is 0. The van der Waals surface area contributed by atoms with E-state index >= 15 is 0 Å². The van der Waals surface area contributed by atoms with Crippen LogP contribution in [0.1, 0.15) is 374 Å². The van der Waals surface area contributed by atoms with Crippen LogP contribution in [0.3, 0.4) is 0 Å². The first-order valence-corrected chi connectivity index (χ1v) is 44.8. The number of phosphoric acid groups is 2. The van der Waals surface area contributed by atoms with Crippen molar-refractivity contribution in [3.8, 4) is 0 Å². The number of ether oxygens (including phenoxy) is 4. The highest BCUT2D eigenvalue weighted by Crippen LogP contribution is 2.45. The monoisotopic (exact) mass is 1510 g/mol. The van der Waals surface area contributed by atoms with Gasteiger partial charge in [0.05, 0.1) is 26.4 Å². The Morgan fingerprint density at radius 1 is 0.269 bits per heavy atom. The number of unbranched alkanes of at least 4 members (excludes halogenated alkanes) is 39. The second-order valence-corrected chi connectivity index (χ2v) is 31.0. The van der Waals surface area contributed by atoms with Gasteiger partial charge in [-0.25, -0.2) is 9.13 Å². The first kappa shape index (κ1) is 100. The zero-order valence-corrected chi connectivity index (χ0v) is 68.0. The third kappa shape index (κ3) is 76.4. The molecule has 19 heteroatoms. The molecule has 0 aliphatic heterocycles. The lowest BCUT2D eigenvalue weighted by molar-refractivity contribution is -0.161. The summed E-state index contributed by atoms with van der Waals surface area (Å²) in [6.45, 7) is 4.81. The minimum absolute atomic E-state index is 0.0785. The third-order valence-electron chi connectivity index (χ3n) is 17.8. The van der Waals surface area contributed by atoms with Gasteiger partial charge in [-0.15, -0.1) is 0 Å². The fourth-order valence-corrected chi connectivity index (χ4v) is 13.0. The third-order valence-corrected chi connectivity index (χ3v) is 19.7. The van der Waals surface area contributed by atoms with Crippen molar-refractivity contribution in [2.45, 2.75) is 393 Å². The van der Waals surface area contributed by atoms with Crippen molar-refractivity contribution in [2.24, 2.45) is 0 Å². The van der Waals surface area contributed by atoms with Gasteiger partial charge in [0.25, 0.3) is 0 Å². The summed E-state index contributed by atoms with van der Waals surface area (Å²) in [4.78, 5) is 73.1. The maximum Gasteiger partial charge on any atom is 0.472 e. The SMILES string of the molecule is CCCC/C=C\CCCCCCCC(=O)OC(COC(=O)CCCCCCCCCCCCCCCCC)COP(=O)(O)OCC(O)COP(=O)(O)OCC(COC(=O)CCCCCCCC/C=C\C/C=C\C/C=C\CCCCC)OC(=O)CCCCCCCC/C=C\C/C=C\C/C=C\CCCCC. The molecule has 104 heavy (non-hydrogen) atoms. The molecule has 0 rings (SSSR count). The largest absolute Gasteiger partial charge is 0.472 e. The molecule has 0 aromatic heterocycles. The number of allylic oxidation sites excluding steroid dienone is 14. The van der Waals surface area contributed by atoms with Crippen LogP contribution in [0.25, 0.3) is 0 Å². The number of hydrogen-bond acceptors (Lipinski definition) is 15. The summed E-state index contributed by atoms with van der Waals surface area (Å²) < 4.78 is 68.7. The van der Waals surface area contributed by atoms with E-state index in [1.54, 1.807) is 0 Å². The molecule has 0 aromatic rings. The first-order valence-electron chi connectivity index (χ1n) is 41.8. The minimum atomic E-state index is -4.98. The van der Waals surface area contributed by atoms with Crippen molar-refractivity contribution in [1.82, 2.24) is 0 Å². The summed E-state index contributed by atoms with van der Waals surface area (Å²) in [7, 11) is -9.96. The standard InChI is InChI=1S/C85H152O17P2/c1-5-9-13-17-21-25-29-32-35-37-39-41-44-47-51-54-58-62-66-70-83(88)96-76-81(102-85(90)72-68-64-60-56-52-48-45-42-40-38-36-33-30-26-22-18-14-10-6-2)78-100-104(93,94)98-74-79(86)73-97-103(91,92)99-77-80(101-84(89)71-67-63-59-55-49-28-24-20-16-12-8-4)75-95-82(87)69-65-61-57-53-50-46-43-34-31-27-23-19-15-11-7-3/h20-22,24-26,32-33,35-36,39-42,79-81,86H,5-19,23,27-31,34,37-38,43-78H2,1-4H3,(H,91,92)(H,93,94)/b24-20-,25-21-,26-22-,35-32-,36-33-,41-39-,42-40-. The molecule has 0 saturated heterocycles. The topological polar surface area (TPSA) is 237 Å². The van der Waals surface area contributed by atoms with Crippen molar-refractivity contribution in [2.75, 3.05) is 39.6 Å². The van der Waals surface area contributed by atoms with Gasteiger partial charge in [0.15, 0.2) is 12.2 Å². The summed E-state index contributed by atoms with van der Waals surface area (Å²) in [5, 5.41) is 10.6. The molecular formula is C85H152O17P2. The van der Waals surface area contributed by atoms with E-state index in [1.165, 1.54) is 122 Å². The summed E-state index contributed by atoms with van der Waals surface area (Å²) in [6, 6.07) is 0. The van der Waals surface area contributed by atoms with Crippen LogP contribution in [0.4, 0.5) is 0 Å². The second-order valence-electron chi connectivity index (χ2n) is 28.1. The van der Waals surface area contributed by atoms with Gasteiger partial charge in [0.2, 0.25) is 0 Å². The van der Waals surface area contributed by atoms with Gasteiger partial charge in [-0.2, -0.15) is 0 Å². The number of carbonyl (C=O) groups excluding carboxylic acids is 4. The van der Waals surface area contributed by atoms with Gasteiger partial charge >= 0.3 is 39.5 Å². The predicted molar refractivity (Wildman–Crippen MR) is 427 cm³/mol. The lowest BCUT2D eigenvalue weighted by Crippen LogP contribution is -2.30. The number of aliphatic hydroxyl groups is 1. The normalized spacial score (nSPS) is 14.3. The number of hydrogen-bond donors (Lipinski definition) is 3. The Kier molecular flexibility index (Phi) is 74.6. The van der Waals surface area contributed by atoms with E-state index in [9.17, 15) is 43.2 Å². The van der Waals surface area contributed by atoms with E-state index in [4.69, 9.17) is 37.0 Å². The van der Waals surface area contributed by atoms with Crippen LogP contribution in [0.2, 0.25) is 0 Å². The summed E-state index contributed by atoms with van der Waals surface area (Å²) in [6.07, 6.45) is 81.2. The van der Waals surface area contributed by atoms with Crippen LogP contribution in [0.5, 0.6) is 0 Å². The molecule has 0 bridgehead atoms. The zero-order valence-electron chi connectivity index (χ0n) is 66.2. The molecule has 604 valence electrons. The molecule has 3 N–H and O–H groups in total. The Bertz CT molecular complexity index is 2300. The van der Waals surface area contributed by atoms with Gasteiger partial charge in [0, 0.05) is 25.7 Å². The highest BCUT2D eigenvalue weighted by molar-refractivity contribution is 7.47. The smallest absolute Gasteiger partial charge is 0.462 e. The van der Waals surface area contributed by atoms with E-state index in [-0.39, 0.29) is 25.7 Å². The fourth-order valence-electron chi connectivity index (χ4n) is 11.4. The fraction of sp³-hybridized carbons (Fsp3) is 0.788. The Balaban J connectivity index is 5.34. The molecule has 0 spiro atoms. The van der Waals surface area contributed by atoms with Crippen molar-refractivity contribution in [3.05, 3.63) is 85.1 Å². The van der Waals surface area contributed by atoms with Gasteiger partial charge in [-0.3, -0.25) is 37.3 Å². The highest BCUT2D eigenvalue weighted by Gasteiger charge is 2.30. The Morgan fingerprint density at radius 2 is 0.481 bits per heavy atom. The van der Waals surface area contributed by atoms with Gasteiger partial charge in [-0.1, -0.05) is 312 Å². The molecule has 0 fully saturated rings. The van der Waals surface area contributed by atoms with Crippen LogP contribution in [-0.4, -0.2) is 96.7 Å². The average molecular weight is 1510 g/mol. The van der Waals surface area contributed by atoms with Gasteiger partial charge in [-0.05, 0) is 122 Å². The lowest BCUT2D eigenvalue weighted by Gasteiger charge is -2.21. The Morgan fingerprint density at radius 3 is 0.779 bits per heavy atom. The van der Waals surface area contributed by atoms with Crippen molar-refractivity contribution < 1.29 is 80.2 Å². The van der Waals surface area contributed by atoms with E-state index < -0.39 is 97.5 Å². The second kappa shape index (κ2) is 77.4. The number of aliphatic hydroxyl groups excluding tert-OH is 1. The molecule has 5 unspecified atom stereocenters. The molecular weight excluding hydrogens is 1350 g/mol. The quantitative estimate of drug-likeness (QED) is 0.0169. The molecule has 5 atom stereocenters. The van der Waals surface area contributed by atoms with Crippen molar-refractivity contribution >= 4 is 39.5 Å².